The molecule has 1 N–H and O–H groups in total. The zero-order chi connectivity index (χ0) is 13.1. The Labute approximate surface area is 110 Å². The molecule has 1 aliphatic rings. The first-order chi connectivity index (χ1) is 8.63. The fourth-order valence-electron chi connectivity index (χ4n) is 3.17. The number of ether oxygens (including phenoxy) is 1. The lowest BCUT2D eigenvalue weighted by Gasteiger charge is -2.29. The first-order valence-corrected chi connectivity index (χ1v) is 6.96. The van der Waals surface area contributed by atoms with E-state index in [4.69, 9.17) is 4.74 Å². The Bertz CT molecular complexity index is 406. The SMILES string of the molecule is COc1cc(C)cc(C)c1C(O)C1CCCCC1. The third kappa shape index (κ3) is 2.69. The van der Waals surface area contributed by atoms with Gasteiger partial charge in [0.1, 0.15) is 5.75 Å². The molecule has 0 radical (unpaired) electrons. The minimum absolute atomic E-state index is 0.374. The lowest BCUT2D eigenvalue weighted by Crippen LogP contribution is -2.17. The van der Waals surface area contributed by atoms with Gasteiger partial charge in [-0.2, -0.15) is 0 Å². The maximum atomic E-state index is 10.6. The van der Waals surface area contributed by atoms with Crippen LogP contribution in [-0.2, 0) is 0 Å². The third-order valence-electron chi connectivity index (χ3n) is 4.11. The first kappa shape index (κ1) is 13.4. The maximum Gasteiger partial charge on any atom is 0.125 e. The predicted molar refractivity (Wildman–Crippen MR) is 74.0 cm³/mol. The van der Waals surface area contributed by atoms with Gasteiger partial charge in [0.2, 0.25) is 0 Å². The Morgan fingerprint density at radius 2 is 1.83 bits per heavy atom. The van der Waals surface area contributed by atoms with Crippen molar-refractivity contribution in [3.05, 3.63) is 28.8 Å². The zero-order valence-electron chi connectivity index (χ0n) is 11.7. The summed E-state index contributed by atoms with van der Waals surface area (Å²) in [7, 11) is 1.69. The molecule has 0 bridgehead atoms. The molecule has 100 valence electrons. The van der Waals surface area contributed by atoms with Crippen molar-refractivity contribution in [2.45, 2.75) is 52.1 Å². The van der Waals surface area contributed by atoms with Crippen LogP contribution in [0.4, 0.5) is 0 Å². The first-order valence-electron chi connectivity index (χ1n) is 6.96. The van der Waals surface area contributed by atoms with E-state index in [-0.39, 0.29) is 6.10 Å². The van der Waals surface area contributed by atoms with Gasteiger partial charge in [-0.05, 0) is 49.8 Å². The van der Waals surface area contributed by atoms with Gasteiger partial charge in [-0.3, -0.25) is 0 Å². The highest BCUT2D eigenvalue weighted by Crippen LogP contribution is 2.39. The second-order valence-corrected chi connectivity index (χ2v) is 5.54. The van der Waals surface area contributed by atoms with Crippen molar-refractivity contribution in [3.63, 3.8) is 0 Å². The minimum Gasteiger partial charge on any atom is -0.496 e. The van der Waals surface area contributed by atoms with Crippen molar-refractivity contribution in [3.8, 4) is 5.75 Å². The van der Waals surface area contributed by atoms with Crippen molar-refractivity contribution in [1.82, 2.24) is 0 Å². The molecule has 0 saturated heterocycles. The molecule has 2 heteroatoms. The van der Waals surface area contributed by atoms with Gasteiger partial charge in [-0.1, -0.05) is 25.3 Å². The van der Waals surface area contributed by atoms with Crippen LogP contribution in [0.2, 0.25) is 0 Å². The smallest absolute Gasteiger partial charge is 0.125 e. The van der Waals surface area contributed by atoms with Crippen molar-refractivity contribution >= 4 is 0 Å². The van der Waals surface area contributed by atoms with E-state index >= 15 is 0 Å². The number of aryl methyl sites for hydroxylation is 2. The molecule has 18 heavy (non-hydrogen) atoms. The van der Waals surface area contributed by atoms with Crippen LogP contribution in [0.25, 0.3) is 0 Å². The van der Waals surface area contributed by atoms with Crippen LogP contribution in [0.15, 0.2) is 12.1 Å². The van der Waals surface area contributed by atoms with Crippen LogP contribution in [0.3, 0.4) is 0 Å². The molecule has 1 atom stereocenters. The highest BCUT2D eigenvalue weighted by molar-refractivity contribution is 5.44. The highest BCUT2D eigenvalue weighted by Gasteiger charge is 2.26. The molecule has 1 unspecified atom stereocenters. The Balaban J connectivity index is 2.30. The summed E-state index contributed by atoms with van der Waals surface area (Å²) in [5.74, 6) is 1.24. The Hall–Kier alpha value is -1.02. The fraction of sp³-hybridized carbons (Fsp3) is 0.625. The molecular weight excluding hydrogens is 224 g/mol. The van der Waals surface area contributed by atoms with Crippen LogP contribution in [0.1, 0.15) is 54.9 Å². The molecule has 1 aromatic rings. The summed E-state index contributed by atoms with van der Waals surface area (Å²) in [6.45, 7) is 4.13. The van der Waals surface area contributed by atoms with Crippen LogP contribution >= 0.6 is 0 Å². The monoisotopic (exact) mass is 248 g/mol. The lowest BCUT2D eigenvalue weighted by molar-refractivity contribution is 0.0819. The van der Waals surface area contributed by atoms with Crippen molar-refractivity contribution in [1.29, 1.82) is 0 Å². The van der Waals surface area contributed by atoms with E-state index in [0.717, 1.165) is 29.7 Å². The van der Waals surface area contributed by atoms with Gasteiger partial charge in [0.05, 0.1) is 13.2 Å². The van der Waals surface area contributed by atoms with Crippen LogP contribution in [0.5, 0.6) is 5.75 Å². The number of hydrogen-bond donors (Lipinski definition) is 1. The van der Waals surface area contributed by atoms with Gasteiger partial charge in [-0.15, -0.1) is 0 Å². The van der Waals surface area contributed by atoms with Gasteiger partial charge in [0.25, 0.3) is 0 Å². The van der Waals surface area contributed by atoms with Crippen LogP contribution < -0.4 is 4.74 Å². The van der Waals surface area contributed by atoms with E-state index in [1.807, 2.05) is 6.07 Å². The Morgan fingerprint density at radius 1 is 1.17 bits per heavy atom. The second kappa shape index (κ2) is 5.75. The number of methoxy groups -OCH3 is 1. The van der Waals surface area contributed by atoms with Gasteiger partial charge < -0.3 is 9.84 Å². The molecule has 0 amide bonds. The highest BCUT2D eigenvalue weighted by atomic mass is 16.5. The molecule has 0 aromatic heterocycles. The zero-order valence-corrected chi connectivity index (χ0v) is 11.7. The Morgan fingerprint density at radius 3 is 2.44 bits per heavy atom. The number of rotatable bonds is 3. The molecule has 1 saturated carbocycles. The number of aliphatic hydroxyl groups is 1. The van der Waals surface area contributed by atoms with Gasteiger partial charge in [0, 0.05) is 5.56 Å². The molecule has 0 heterocycles. The molecule has 0 spiro atoms. The fourth-order valence-corrected chi connectivity index (χ4v) is 3.17. The topological polar surface area (TPSA) is 29.5 Å². The number of aliphatic hydroxyl groups excluding tert-OH is 1. The van der Waals surface area contributed by atoms with Crippen molar-refractivity contribution in [2.24, 2.45) is 5.92 Å². The number of benzene rings is 1. The molecule has 2 rings (SSSR count). The van der Waals surface area contributed by atoms with E-state index in [2.05, 4.69) is 19.9 Å². The van der Waals surface area contributed by atoms with Crippen LogP contribution in [0, 0.1) is 19.8 Å². The van der Waals surface area contributed by atoms with E-state index in [0.29, 0.717) is 5.92 Å². The summed E-state index contributed by atoms with van der Waals surface area (Å²) >= 11 is 0. The van der Waals surface area contributed by atoms with Gasteiger partial charge in [0.15, 0.2) is 0 Å². The van der Waals surface area contributed by atoms with Crippen molar-refractivity contribution < 1.29 is 9.84 Å². The summed E-state index contributed by atoms with van der Waals surface area (Å²) in [4.78, 5) is 0. The summed E-state index contributed by atoms with van der Waals surface area (Å²) in [6.07, 6.45) is 5.70. The summed E-state index contributed by atoms with van der Waals surface area (Å²) in [6, 6.07) is 4.15. The predicted octanol–water partition coefficient (Wildman–Crippen LogP) is 3.93. The largest absolute Gasteiger partial charge is 0.496 e. The summed E-state index contributed by atoms with van der Waals surface area (Å²) in [5.41, 5.74) is 3.32. The quantitative estimate of drug-likeness (QED) is 0.878. The van der Waals surface area contributed by atoms with Gasteiger partial charge >= 0.3 is 0 Å². The Kier molecular flexibility index (Phi) is 4.28. The summed E-state index contributed by atoms with van der Waals surface area (Å²) < 4.78 is 5.46. The van der Waals surface area contributed by atoms with Crippen LogP contribution in [-0.4, -0.2) is 12.2 Å². The lowest BCUT2D eigenvalue weighted by atomic mass is 9.81. The molecule has 0 aliphatic heterocycles. The van der Waals surface area contributed by atoms with E-state index in [1.54, 1.807) is 7.11 Å². The maximum absolute atomic E-state index is 10.6. The van der Waals surface area contributed by atoms with Crippen molar-refractivity contribution in [2.75, 3.05) is 7.11 Å². The average molecular weight is 248 g/mol. The van der Waals surface area contributed by atoms with Gasteiger partial charge in [-0.25, -0.2) is 0 Å². The number of hydrogen-bond acceptors (Lipinski definition) is 2. The van der Waals surface area contributed by atoms with E-state index in [9.17, 15) is 5.11 Å². The molecular formula is C16H24O2. The standard InChI is InChI=1S/C16H24O2/c1-11-9-12(2)15(14(10-11)18-3)16(17)13-7-5-4-6-8-13/h9-10,13,16-17H,4-8H2,1-3H3. The molecule has 1 aromatic carbocycles. The molecule has 1 aliphatic carbocycles. The normalized spacial score (nSPS) is 18.7. The summed E-state index contributed by atoms with van der Waals surface area (Å²) in [5, 5.41) is 10.6. The second-order valence-electron chi connectivity index (χ2n) is 5.54. The third-order valence-corrected chi connectivity index (χ3v) is 4.11. The molecule has 1 fully saturated rings. The average Bonchev–Trinajstić information content (AvgIpc) is 2.38. The van der Waals surface area contributed by atoms with E-state index < -0.39 is 0 Å². The van der Waals surface area contributed by atoms with E-state index in [1.165, 1.54) is 24.8 Å². The molecule has 2 nitrogen and oxygen atoms in total. The minimum atomic E-state index is -0.374.